The molecule has 2 atom stereocenters. The number of nitrogens with one attached hydrogen (secondary N) is 1. The predicted octanol–water partition coefficient (Wildman–Crippen LogP) is 2.17. The van der Waals surface area contributed by atoms with Crippen LogP contribution in [0.1, 0.15) is 39.0 Å². The van der Waals surface area contributed by atoms with E-state index in [-0.39, 0.29) is 0 Å². The molecule has 1 unspecified atom stereocenters. The first-order valence-corrected chi connectivity index (χ1v) is 4.55. The molecule has 1 N–H and O–H groups in total. The van der Waals surface area contributed by atoms with Gasteiger partial charge in [-0.05, 0) is 25.8 Å². The molecular formula is C9H19N. The first-order chi connectivity index (χ1) is 4.88. The Kier molecular flexibility index (Phi) is 3.20. The van der Waals surface area contributed by atoms with Crippen LogP contribution in [0, 0.1) is 5.92 Å². The van der Waals surface area contributed by atoms with Gasteiger partial charge in [0.25, 0.3) is 0 Å². The fourth-order valence-corrected chi connectivity index (χ4v) is 2.08. The van der Waals surface area contributed by atoms with Crippen molar-refractivity contribution in [2.75, 3.05) is 7.05 Å². The van der Waals surface area contributed by atoms with E-state index in [0.29, 0.717) is 0 Å². The zero-order chi connectivity index (χ0) is 7.40. The Morgan fingerprint density at radius 1 is 1.30 bits per heavy atom. The van der Waals surface area contributed by atoms with E-state index in [1.807, 2.05) is 0 Å². The number of rotatable bonds is 2. The summed E-state index contributed by atoms with van der Waals surface area (Å²) in [4.78, 5) is 0. The van der Waals surface area contributed by atoms with Gasteiger partial charge in [0, 0.05) is 6.04 Å². The van der Waals surface area contributed by atoms with Gasteiger partial charge >= 0.3 is 0 Å². The second-order valence-electron chi connectivity index (χ2n) is 3.35. The van der Waals surface area contributed by atoms with Crippen molar-refractivity contribution in [1.29, 1.82) is 0 Å². The van der Waals surface area contributed by atoms with Crippen LogP contribution in [0.5, 0.6) is 0 Å². The molecule has 0 aromatic heterocycles. The lowest BCUT2D eigenvalue weighted by Gasteiger charge is -2.30. The minimum absolute atomic E-state index is 0.818. The van der Waals surface area contributed by atoms with Gasteiger partial charge in [-0.2, -0.15) is 0 Å². The molecule has 1 aliphatic rings. The predicted molar refractivity (Wildman–Crippen MR) is 45.1 cm³/mol. The molecule has 0 amide bonds. The third kappa shape index (κ3) is 1.72. The summed E-state index contributed by atoms with van der Waals surface area (Å²) < 4.78 is 0. The van der Waals surface area contributed by atoms with Crippen LogP contribution in [0.15, 0.2) is 0 Å². The molecule has 0 aliphatic heterocycles. The summed E-state index contributed by atoms with van der Waals surface area (Å²) in [5, 5.41) is 3.40. The summed E-state index contributed by atoms with van der Waals surface area (Å²) in [5.74, 6) is 0.957. The molecule has 1 aliphatic carbocycles. The molecule has 60 valence electrons. The van der Waals surface area contributed by atoms with Crippen LogP contribution in [-0.4, -0.2) is 13.1 Å². The van der Waals surface area contributed by atoms with E-state index in [1.165, 1.54) is 32.1 Å². The van der Waals surface area contributed by atoms with Gasteiger partial charge in [-0.3, -0.25) is 0 Å². The molecule has 0 spiro atoms. The van der Waals surface area contributed by atoms with Gasteiger partial charge in [0.15, 0.2) is 0 Å². The molecule has 0 bridgehead atoms. The maximum absolute atomic E-state index is 3.40. The van der Waals surface area contributed by atoms with E-state index in [2.05, 4.69) is 19.3 Å². The minimum Gasteiger partial charge on any atom is -0.317 e. The van der Waals surface area contributed by atoms with Crippen LogP contribution in [0.25, 0.3) is 0 Å². The monoisotopic (exact) mass is 141 g/mol. The van der Waals surface area contributed by atoms with Gasteiger partial charge in [0.2, 0.25) is 0 Å². The SMILES string of the molecule is CCC1CCCC[C@H]1NC. The Labute approximate surface area is 64.2 Å². The Bertz CT molecular complexity index is 78.7. The Morgan fingerprint density at radius 2 is 2.00 bits per heavy atom. The highest BCUT2D eigenvalue weighted by Crippen LogP contribution is 2.26. The van der Waals surface area contributed by atoms with E-state index in [9.17, 15) is 0 Å². The summed E-state index contributed by atoms with van der Waals surface area (Å²) in [7, 11) is 2.10. The van der Waals surface area contributed by atoms with Gasteiger partial charge in [-0.1, -0.05) is 26.2 Å². The largest absolute Gasteiger partial charge is 0.317 e. The van der Waals surface area contributed by atoms with Crippen LogP contribution in [-0.2, 0) is 0 Å². The molecule has 0 radical (unpaired) electrons. The molecule has 1 nitrogen and oxygen atoms in total. The lowest BCUT2D eigenvalue weighted by Crippen LogP contribution is -2.35. The van der Waals surface area contributed by atoms with E-state index in [0.717, 1.165) is 12.0 Å². The Balaban J connectivity index is 2.34. The highest BCUT2D eigenvalue weighted by atomic mass is 14.9. The maximum Gasteiger partial charge on any atom is 0.00922 e. The average molecular weight is 141 g/mol. The highest BCUT2D eigenvalue weighted by molar-refractivity contribution is 4.78. The second-order valence-corrected chi connectivity index (χ2v) is 3.35. The van der Waals surface area contributed by atoms with Crippen LogP contribution in [0.3, 0.4) is 0 Å². The average Bonchev–Trinajstić information content (AvgIpc) is 2.04. The molecule has 0 heterocycles. The van der Waals surface area contributed by atoms with E-state index >= 15 is 0 Å². The van der Waals surface area contributed by atoms with Gasteiger partial charge in [0.05, 0.1) is 0 Å². The summed E-state index contributed by atoms with van der Waals surface area (Å²) in [6.07, 6.45) is 7.08. The summed E-state index contributed by atoms with van der Waals surface area (Å²) in [6.45, 7) is 2.31. The van der Waals surface area contributed by atoms with Crippen molar-refractivity contribution >= 4 is 0 Å². The summed E-state index contributed by atoms with van der Waals surface area (Å²) >= 11 is 0. The van der Waals surface area contributed by atoms with E-state index < -0.39 is 0 Å². The third-order valence-electron chi connectivity index (χ3n) is 2.80. The summed E-state index contributed by atoms with van der Waals surface area (Å²) in [6, 6.07) is 0.818. The van der Waals surface area contributed by atoms with Crippen LogP contribution < -0.4 is 5.32 Å². The van der Waals surface area contributed by atoms with Crippen molar-refractivity contribution < 1.29 is 0 Å². The normalized spacial score (nSPS) is 34.2. The molecule has 10 heavy (non-hydrogen) atoms. The Morgan fingerprint density at radius 3 is 2.50 bits per heavy atom. The van der Waals surface area contributed by atoms with Gasteiger partial charge < -0.3 is 5.32 Å². The molecule has 1 saturated carbocycles. The van der Waals surface area contributed by atoms with Crippen LogP contribution >= 0.6 is 0 Å². The van der Waals surface area contributed by atoms with Crippen LogP contribution in [0.4, 0.5) is 0 Å². The Hall–Kier alpha value is -0.0400. The second kappa shape index (κ2) is 3.97. The zero-order valence-electron chi connectivity index (χ0n) is 7.19. The molecule has 1 fully saturated rings. The molecule has 0 aromatic rings. The van der Waals surface area contributed by atoms with E-state index in [1.54, 1.807) is 0 Å². The number of hydrogen-bond acceptors (Lipinski definition) is 1. The zero-order valence-corrected chi connectivity index (χ0v) is 7.19. The molecule has 0 saturated heterocycles. The smallest absolute Gasteiger partial charge is 0.00922 e. The van der Waals surface area contributed by atoms with Crippen molar-refractivity contribution in [2.45, 2.75) is 45.1 Å². The van der Waals surface area contributed by atoms with Crippen molar-refractivity contribution in [1.82, 2.24) is 5.32 Å². The van der Waals surface area contributed by atoms with Crippen molar-refractivity contribution in [3.63, 3.8) is 0 Å². The first-order valence-electron chi connectivity index (χ1n) is 4.55. The van der Waals surface area contributed by atoms with Gasteiger partial charge in [-0.15, -0.1) is 0 Å². The molecule has 0 aromatic carbocycles. The quantitative estimate of drug-likeness (QED) is 0.621. The molecular weight excluding hydrogens is 122 g/mol. The number of hydrogen-bond donors (Lipinski definition) is 1. The lowest BCUT2D eigenvalue weighted by molar-refractivity contribution is 0.267. The standard InChI is InChI=1S/C9H19N/c1-3-8-6-4-5-7-9(8)10-2/h8-10H,3-7H2,1-2H3/t8?,9-/m1/s1. The van der Waals surface area contributed by atoms with Crippen LogP contribution in [0.2, 0.25) is 0 Å². The first kappa shape index (κ1) is 8.06. The summed E-state index contributed by atoms with van der Waals surface area (Å²) in [5.41, 5.74) is 0. The fourth-order valence-electron chi connectivity index (χ4n) is 2.08. The topological polar surface area (TPSA) is 12.0 Å². The van der Waals surface area contributed by atoms with E-state index in [4.69, 9.17) is 0 Å². The molecule has 1 rings (SSSR count). The fraction of sp³-hybridized carbons (Fsp3) is 1.00. The highest BCUT2D eigenvalue weighted by Gasteiger charge is 2.21. The van der Waals surface area contributed by atoms with Crippen molar-refractivity contribution in [3.05, 3.63) is 0 Å². The van der Waals surface area contributed by atoms with Crippen molar-refractivity contribution in [2.24, 2.45) is 5.92 Å². The van der Waals surface area contributed by atoms with Gasteiger partial charge in [0.1, 0.15) is 0 Å². The van der Waals surface area contributed by atoms with Gasteiger partial charge in [-0.25, -0.2) is 0 Å². The minimum atomic E-state index is 0.818. The van der Waals surface area contributed by atoms with Crippen molar-refractivity contribution in [3.8, 4) is 0 Å². The lowest BCUT2D eigenvalue weighted by atomic mass is 9.83. The molecule has 1 heteroatoms. The third-order valence-corrected chi connectivity index (χ3v) is 2.80. The maximum atomic E-state index is 3.40.